The van der Waals surface area contributed by atoms with Crippen molar-refractivity contribution in [2.45, 2.75) is 9.79 Å². The van der Waals surface area contributed by atoms with E-state index in [1.807, 2.05) is 0 Å². The molecule has 4 aromatic rings. The van der Waals surface area contributed by atoms with Crippen molar-refractivity contribution in [3.63, 3.8) is 0 Å². The van der Waals surface area contributed by atoms with Crippen molar-refractivity contribution >= 4 is 66.9 Å². The minimum atomic E-state index is -3.85. The molecule has 0 saturated carbocycles. The van der Waals surface area contributed by atoms with Gasteiger partial charge in [-0.2, -0.15) is 0 Å². The van der Waals surface area contributed by atoms with Crippen molar-refractivity contribution in [1.29, 1.82) is 0 Å². The molecule has 0 bridgehead atoms. The van der Waals surface area contributed by atoms with Gasteiger partial charge in [0.25, 0.3) is 0 Å². The molecule has 0 aliphatic carbocycles. The molecule has 2 aromatic heterocycles. The summed E-state index contributed by atoms with van der Waals surface area (Å²) >= 11 is -0.613. The SMILES string of the molecule is O=S(=O)(Nc1ccccn1)c1ccccc1[Se][Se]c1ccccc1S(=O)(=O)Nc1ccccn1. The fraction of sp³-hybridized carbons (Fsp3) is 0. The van der Waals surface area contributed by atoms with Gasteiger partial charge in [0.2, 0.25) is 0 Å². The van der Waals surface area contributed by atoms with Gasteiger partial charge in [-0.15, -0.1) is 0 Å². The van der Waals surface area contributed by atoms with E-state index >= 15 is 0 Å². The Morgan fingerprint density at radius 1 is 0.529 bits per heavy atom. The Bertz CT molecular complexity index is 1370. The third-order valence-corrected chi connectivity index (χ3v) is 15.0. The van der Waals surface area contributed by atoms with Gasteiger partial charge in [0, 0.05) is 0 Å². The fourth-order valence-electron chi connectivity index (χ4n) is 2.80. The molecule has 0 amide bonds. The van der Waals surface area contributed by atoms with Crippen molar-refractivity contribution in [2.75, 3.05) is 9.44 Å². The summed E-state index contributed by atoms with van der Waals surface area (Å²) < 4.78 is 58.4. The van der Waals surface area contributed by atoms with Crippen LogP contribution in [0.3, 0.4) is 0 Å². The summed E-state index contributed by atoms with van der Waals surface area (Å²) in [6.07, 6.45) is 3.01. The van der Waals surface area contributed by atoms with Gasteiger partial charge < -0.3 is 0 Å². The van der Waals surface area contributed by atoms with Gasteiger partial charge in [-0.1, -0.05) is 0 Å². The molecule has 0 fully saturated rings. The van der Waals surface area contributed by atoms with E-state index in [0.717, 1.165) is 0 Å². The number of anilines is 2. The molecule has 174 valence electrons. The van der Waals surface area contributed by atoms with E-state index in [1.165, 1.54) is 12.4 Å². The second-order valence-corrected chi connectivity index (χ2v) is 16.2. The van der Waals surface area contributed by atoms with Gasteiger partial charge in [-0.05, 0) is 0 Å². The summed E-state index contributed by atoms with van der Waals surface area (Å²) in [6, 6.07) is 23.4. The van der Waals surface area contributed by atoms with Crippen molar-refractivity contribution < 1.29 is 16.8 Å². The van der Waals surface area contributed by atoms with E-state index in [-0.39, 0.29) is 47.7 Å². The maximum atomic E-state index is 13.0. The summed E-state index contributed by atoms with van der Waals surface area (Å²) in [7, 11) is -7.71. The molecule has 2 N–H and O–H groups in total. The van der Waals surface area contributed by atoms with Crippen LogP contribution in [-0.2, 0) is 20.0 Å². The monoisotopic (exact) mass is 626 g/mol. The van der Waals surface area contributed by atoms with E-state index in [0.29, 0.717) is 8.92 Å². The zero-order valence-electron chi connectivity index (χ0n) is 17.4. The quantitative estimate of drug-likeness (QED) is 0.272. The molecule has 0 atom stereocenters. The Morgan fingerprint density at radius 2 is 0.912 bits per heavy atom. The minimum absolute atomic E-state index is 0.162. The van der Waals surface area contributed by atoms with E-state index in [2.05, 4.69) is 19.4 Å². The molecular formula is C22H18N4O4S2Se2. The van der Waals surface area contributed by atoms with Crippen LogP contribution in [0.25, 0.3) is 0 Å². The number of rotatable bonds is 9. The van der Waals surface area contributed by atoms with Gasteiger partial charge in [0.1, 0.15) is 0 Å². The van der Waals surface area contributed by atoms with Crippen LogP contribution in [0.15, 0.2) is 107 Å². The first-order valence-corrected chi connectivity index (χ1v) is 18.8. The average molecular weight is 624 g/mol. The van der Waals surface area contributed by atoms with Gasteiger partial charge in [-0.25, -0.2) is 0 Å². The van der Waals surface area contributed by atoms with Crippen LogP contribution < -0.4 is 18.4 Å². The normalized spacial score (nSPS) is 11.6. The summed E-state index contributed by atoms with van der Waals surface area (Å²) in [5, 5.41) is 0. The van der Waals surface area contributed by atoms with Crippen molar-refractivity contribution in [2.24, 2.45) is 0 Å². The van der Waals surface area contributed by atoms with E-state index in [9.17, 15) is 16.8 Å². The molecule has 2 aromatic carbocycles. The van der Waals surface area contributed by atoms with Gasteiger partial charge in [-0.3, -0.25) is 0 Å². The van der Waals surface area contributed by atoms with Crippen molar-refractivity contribution in [3.8, 4) is 0 Å². The molecular weight excluding hydrogens is 606 g/mol. The third-order valence-electron chi connectivity index (χ3n) is 4.31. The maximum absolute atomic E-state index is 13.0. The molecule has 0 spiro atoms. The molecule has 0 aliphatic heterocycles. The Balaban J connectivity index is 1.58. The van der Waals surface area contributed by atoms with E-state index < -0.39 is 20.0 Å². The van der Waals surface area contributed by atoms with Gasteiger partial charge in [0.15, 0.2) is 0 Å². The van der Waals surface area contributed by atoms with Crippen LogP contribution in [0.4, 0.5) is 11.6 Å². The van der Waals surface area contributed by atoms with Crippen LogP contribution in [0.5, 0.6) is 0 Å². The van der Waals surface area contributed by atoms with Gasteiger partial charge in [0.05, 0.1) is 0 Å². The molecule has 0 saturated heterocycles. The topological polar surface area (TPSA) is 118 Å². The number of hydrogen-bond acceptors (Lipinski definition) is 6. The molecule has 12 heteroatoms. The average Bonchev–Trinajstić information content (AvgIpc) is 2.84. The van der Waals surface area contributed by atoms with Crippen LogP contribution >= 0.6 is 0 Å². The molecule has 8 nitrogen and oxygen atoms in total. The summed E-state index contributed by atoms with van der Waals surface area (Å²) in [4.78, 5) is 8.37. The Morgan fingerprint density at radius 3 is 1.29 bits per heavy atom. The number of nitrogens with one attached hydrogen (secondary N) is 2. The molecule has 4 rings (SSSR count). The second kappa shape index (κ2) is 10.7. The Kier molecular flexibility index (Phi) is 7.67. The first kappa shape index (κ1) is 24.4. The first-order valence-electron chi connectivity index (χ1n) is 9.75. The van der Waals surface area contributed by atoms with E-state index in [1.54, 1.807) is 84.9 Å². The fourth-order valence-corrected chi connectivity index (χ4v) is 14.7. The van der Waals surface area contributed by atoms with Crippen LogP contribution in [0.1, 0.15) is 0 Å². The number of pyridine rings is 2. The first-order chi connectivity index (χ1) is 16.4. The molecule has 0 radical (unpaired) electrons. The molecule has 2 heterocycles. The predicted octanol–water partition coefficient (Wildman–Crippen LogP) is 1.35. The van der Waals surface area contributed by atoms with E-state index in [4.69, 9.17) is 0 Å². The number of benzene rings is 2. The number of hydrogen-bond donors (Lipinski definition) is 2. The zero-order chi connectivity index (χ0) is 24.0. The van der Waals surface area contributed by atoms with Crippen molar-refractivity contribution in [3.05, 3.63) is 97.3 Å². The molecule has 0 unspecified atom stereocenters. The summed E-state index contributed by atoms with van der Waals surface area (Å²) in [5.41, 5.74) is 0. The summed E-state index contributed by atoms with van der Waals surface area (Å²) in [5.74, 6) is 0.458. The predicted molar refractivity (Wildman–Crippen MR) is 134 cm³/mol. The third kappa shape index (κ3) is 6.04. The van der Waals surface area contributed by atoms with Gasteiger partial charge >= 0.3 is 210 Å². The Hall–Kier alpha value is -2.72. The Labute approximate surface area is 209 Å². The number of aromatic nitrogens is 2. The molecule has 34 heavy (non-hydrogen) atoms. The molecule has 0 aliphatic rings. The second-order valence-electron chi connectivity index (χ2n) is 6.70. The zero-order valence-corrected chi connectivity index (χ0v) is 22.5. The van der Waals surface area contributed by atoms with Crippen LogP contribution in [0.2, 0.25) is 0 Å². The van der Waals surface area contributed by atoms with Crippen molar-refractivity contribution in [1.82, 2.24) is 9.97 Å². The number of sulfonamides is 2. The van der Waals surface area contributed by atoms with Crippen LogP contribution in [0, 0.1) is 0 Å². The van der Waals surface area contributed by atoms with Crippen LogP contribution in [-0.4, -0.2) is 53.1 Å². The summed E-state index contributed by atoms with van der Waals surface area (Å²) in [6.45, 7) is 0. The number of nitrogens with zero attached hydrogens (tertiary/aromatic N) is 2. The standard InChI is InChI=1S/C22H18N4O4S2Se2/c27-31(28,25-21-13-5-7-15-23-21)17-9-1-3-11-19(17)33-34-20-12-4-2-10-18(20)32(29,30)26-22-14-6-8-16-24-22/h1-16H,(H,23,25)(H,24,26).